The number of hydrogen-bond acceptors (Lipinski definition) is 19. The maximum atomic E-state index is 12.6. The molecule has 0 spiro atoms. The van der Waals surface area contributed by atoms with Crippen LogP contribution in [0.1, 0.15) is 72.1 Å². The summed E-state index contributed by atoms with van der Waals surface area (Å²) in [6.45, 7) is 4.82. The number of hydrogen-bond donors (Lipinski definition) is 11. The molecule has 0 aromatic heterocycles. The van der Waals surface area contributed by atoms with Crippen LogP contribution in [0.4, 0.5) is 0 Å². The Bertz CT molecular complexity index is 1580. The van der Waals surface area contributed by atoms with Gasteiger partial charge in [-0.15, -0.1) is 0 Å². The number of rotatable bonds is 9. The van der Waals surface area contributed by atoms with E-state index in [1.165, 1.54) is 0 Å². The largest absolute Gasteiger partial charge is 0.458 e. The highest BCUT2D eigenvalue weighted by molar-refractivity contribution is 5.85. The van der Waals surface area contributed by atoms with Gasteiger partial charge in [-0.1, -0.05) is 13.8 Å². The van der Waals surface area contributed by atoms with Crippen LogP contribution in [-0.4, -0.2) is 192 Å². The summed E-state index contributed by atoms with van der Waals surface area (Å²) in [5.41, 5.74) is -0.897. The Morgan fingerprint density at radius 3 is 2.05 bits per heavy atom. The Hall–Kier alpha value is -1.47. The van der Waals surface area contributed by atoms with E-state index in [1.54, 1.807) is 13.0 Å². The number of ether oxygens (including phenoxy) is 7. The molecule has 11 N–H and O–H groups in total. The van der Waals surface area contributed by atoms with Gasteiger partial charge in [-0.3, -0.25) is 0 Å². The fourth-order valence-electron chi connectivity index (χ4n) is 12.8. The van der Waals surface area contributed by atoms with E-state index in [0.717, 1.165) is 37.7 Å². The second-order valence-electron chi connectivity index (χ2n) is 19.2. The maximum Gasteiger partial charge on any atom is 0.331 e. The summed E-state index contributed by atoms with van der Waals surface area (Å²) >= 11 is 0. The minimum Gasteiger partial charge on any atom is -0.458 e. The Morgan fingerprint density at radius 1 is 0.717 bits per heavy atom. The van der Waals surface area contributed by atoms with Gasteiger partial charge in [0.1, 0.15) is 73.8 Å². The molecule has 0 aromatic rings. The van der Waals surface area contributed by atoms with Gasteiger partial charge in [0, 0.05) is 17.9 Å². The average molecular weight is 861 g/mol. The third-order valence-corrected chi connectivity index (χ3v) is 16.4. The van der Waals surface area contributed by atoms with E-state index in [0.29, 0.717) is 12.8 Å². The molecule has 4 aliphatic heterocycles. The van der Waals surface area contributed by atoms with Crippen molar-refractivity contribution in [2.75, 3.05) is 19.8 Å². The Labute approximate surface area is 347 Å². The zero-order valence-electron chi connectivity index (χ0n) is 34.2. The van der Waals surface area contributed by atoms with Gasteiger partial charge in [-0.05, 0) is 86.5 Å². The lowest BCUT2D eigenvalue weighted by molar-refractivity contribution is -0.366. The normalized spacial score (nSPS) is 55.7. The third-order valence-electron chi connectivity index (χ3n) is 16.4. The molecule has 0 aromatic carbocycles. The first-order valence-corrected chi connectivity index (χ1v) is 21.6. The van der Waals surface area contributed by atoms with Crippen LogP contribution in [-0.2, 0) is 38.0 Å². The third kappa shape index (κ3) is 7.30. The van der Waals surface area contributed by atoms with Crippen LogP contribution < -0.4 is 0 Å². The molecule has 19 heteroatoms. The van der Waals surface area contributed by atoms with Gasteiger partial charge in [0.05, 0.1) is 37.1 Å². The topological polar surface area (TPSA) is 304 Å². The van der Waals surface area contributed by atoms with Crippen LogP contribution in [0, 0.1) is 34.5 Å². The van der Waals surface area contributed by atoms with Crippen LogP contribution in [0.2, 0.25) is 0 Å². The predicted molar refractivity (Wildman–Crippen MR) is 200 cm³/mol. The molecule has 24 atom stereocenters. The number of aliphatic hydroxyl groups is 11. The highest BCUT2D eigenvalue weighted by Gasteiger charge is 2.69. The van der Waals surface area contributed by atoms with E-state index in [1.807, 2.05) is 0 Å². The highest BCUT2D eigenvalue weighted by Crippen LogP contribution is 2.70. The molecule has 8 rings (SSSR count). The number of fused-ring (bicyclic) bond motifs is 5. The minimum atomic E-state index is -1.84. The van der Waals surface area contributed by atoms with Crippen LogP contribution >= 0.6 is 0 Å². The first-order valence-electron chi connectivity index (χ1n) is 21.6. The smallest absolute Gasteiger partial charge is 0.331 e. The Morgan fingerprint density at radius 2 is 1.37 bits per heavy atom. The highest BCUT2D eigenvalue weighted by atomic mass is 16.8. The van der Waals surface area contributed by atoms with Gasteiger partial charge in [-0.2, -0.15) is 0 Å². The summed E-state index contributed by atoms with van der Waals surface area (Å²) in [7, 11) is 0. The van der Waals surface area contributed by atoms with Crippen molar-refractivity contribution in [2.24, 2.45) is 34.5 Å². The molecule has 342 valence electrons. The van der Waals surface area contributed by atoms with Crippen molar-refractivity contribution in [3.05, 3.63) is 11.6 Å². The number of carbonyl (C=O) groups is 1. The van der Waals surface area contributed by atoms with Crippen molar-refractivity contribution in [1.29, 1.82) is 0 Å². The predicted octanol–water partition coefficient (Wildman–Crippen LogP) is -2.92. The zero-order valence-corrected chi connectivity index (χ0v) is 34.2. The molecule has 0 radical (unpaired) electrons. The summed E-state index contributed by atoms with van der Waals surface area (Å²) in [6, 6.07) is 0. The van der Waals surface area contributed by atoms with Gasteiger partial charge in [0.15, 0.2) is 18.9 Å². The molecular weight excluding hydrogens is 796 g/mol. The van der Waals surface area contributed by atoms with Gasteiger partial charge < -0.3 is 89.3 Å². The molecule has 4 heterocycles. The molecule has 8 aliphatic rings. The maximum absolute atomic E-state index is 12.6. The molecule has 60 heavy (non-hydrogen) atoms. The summed E-state index contributed by atoms with van der Waals surface area (Å²) in [6.07, 6.45) is -17.8. The first kappa shape index (κ1) is 45.1. The lowest BCUT2D eigenvalue weighted by Gasteiger charge is -2.64. The van der Waals surface area contributed by atoms with Crippen molar-refractivity contribution in [3.63, 3.8) is 0 Å². The van der Waals surface area contributed by atoms with Crippen molar-refractivity contribution in [1.82, 2.24) is 0 Å². The van der Waals surface area contributed by atoms with Gasteiger partial charge in [0.25, 0.3) is 0 Å². The molecule has 3 saturated heterocycles. The van der Waals surface area contributed by atoms with E-state index in [2.05, 4.69) is 13.8 Å². The summed E-state index contributed by atoms with van der Waals surface area (Å²) < 4.78 is 40.0. The monoisotopic (exact) mass is 860 g/mol. The van der Waals surface area contributed by atoms with Gasteiger partial charge in [-0.25, -0.2) is 4.79 Å². The second kappa shape index (κ2) is 16.8. The molecule has 0 bridgehead atoms. The SMILES string of the molecule is C[C@@H]1O[C@@H](O[C@@H]2C[C@H]3CC[C@@H]4[C@H](CC[C@]5(C)[C@@H](C6=CC(=O)OC6)CC[C@]45O)[C@@]3(C)[C@H](O)C2)[C@H](O)[C@H](O)[C@H]1O[C@@H]1O[C@H](CO[C@@H]2O[C@H](CO)[C@@H](O)[C@H](O)[C@H]2O)[C@@H](O)[C@H](O)[C@H]1O. The van der Waals surface area contributed by atoms with Crippen LogP contribution in [0.3, 0.4) is 0 Å². The fourth-order valence-corrected chi connectivity index (χ4v) is 12.8. The number of esters is 1. The van der Waals surface area contributed by atoms with E-state index < -0.39 is 134 Å². The molecule has 0 unspecified atom stereocenters. The quantitative estimate of drug-likeness (QED) is 0.0817. The number of aliphatic hydroxyl groups excluding tert-OH is 10. The molecular formula is C41H64O19. The molecule has 7 fully saturated rings. The van der Waals surface area contributed by atoms with E-state index in [9.17, 15) is 61.0 Å². The van der Waals surface area contributed by atoms with Crippen molar-refractivity contribution >= 4 is 5.97 Å². The fraction of sp³-hybridized carbons (Fsp3) is 0.927. The Kier molecular flexibility index (Phi) is 12.7. The van der Waals surface area contributed by atoms with E-state index in [-0.39, 0.29) is 42.7 Å². The lowest BCUT2D eigenvalue weighted by atomic mass is 9.42. The summed E-state index contributed by atoms with van der Waals surface area (Å²) in [4.78, 5) is 11.9. The van der Waals surface area contributed by atoms with Crippen LogP contribution in [0.5, 0.6) is 0 Å². The first-order chi connectivity index (χ1) is 28.3. The van der Waals surface area contributed by atoms with Gasteiger partial charge in [0.2, 0.25) is 0 Å². The molecule has 4 aliphatic carbocycles. The molecule has 4 saturated carbocycles. The van der Waals surface area contributed by atoms with Crippen molar-refractivity contribution < 1.29 is 94.1 Å². The van der Waals surface area contributed by atoms with Crippen LogP contribution in [0.15, 0.2) is 11.6 Å². The van der Waals surface area contributed by atoms with Crippen molar-refractivity contribution in [2.45, 2.75) is 182 Å². The molecule has 0 amide bonds. The Balaban J connectivity index is 0.876. The second-order valence-corrected chi connectivity index (χ2v) is 19.2. The standard InChI is InChI=1S/C41H64O19/c1-16-35(60-38-33(51)30(48)28(46)24(59-38)15-55-36-32(50)29(47)27(45)23(13-42)58-36)31(49)34(52)37(56-16)57-19-11-18-4-5-22-21(40(18,3)25(43)12-19)6-8-39(2)20(7-9-41(22,39)53)17-10-26(44)54-14-17/h10,16,18-25,27-38,42-43,45-53H,4-9,11-15H2,1-3H3/t16-,18+,19+,20+,21-,22+,23+,24+,25+,27+,28+,29-,30-,31-,32+,33+,34+,35-,36+,37-,38-,39+,40-,41-/m0/s1. The van der Waals surface area contributed by atoms with Crippen molar-refractivity contribution in [3.8, 4) is 0 Å². The van der Waals surface area contributed by atoms with E-state index >= 15 is 0 Å². The summed E-state index contributed by atoms with van der Waals surface area (Å²) in [5.74, 6) is -0.185. The molecule has 19 nitrogen and oxygen atoms in total. The van der Waals surface area contributed by atoms with Gasteiger partial charge >= 0.3 is 5.97 Å². The zero-order chi connectivity index (χ0) is 43.2. The summed E-state index contributed by atoms with van der Waals surface area (Å²) in [5, 5.41) is 119. The minimum absolute atomic E-state index is 0.0223. The number of carbonyl (C=O) groups excluding carboxylic acids is 1. The van der Waals surface area contributed by atoms with Crippen LogP contribution in [0.25, 0.3) is 0 Å². The van der Waals surface area contributed by atoms with E-state index in [4.69, 9.17) is 33.2 Å². The average Bonchev–Trinajstić information content (AvgIpc) is 3.77. The lowest BCUT2D eigenvalue weighted by Crippen LogP contribution is -2.66. The number of cyclic esters (lactones) is 1.